The minimum absolute atomic E-state index is 0.0267. The number of aromatic nitrogens is 3. The summed E-state index contributed by atoms with van der Waals surface area (Å²) in [6, 6.07) is 10.7. The number of halogens is 1. The highest BCUT2D eigenvalue weighted by atomic mass is 19.1. The lowest BCUT2D eigenvalue weighted by atomic mass is 9.93. The summed E-state index contributed by atoms with van der Waals surface area (Å²) in [7, 11) is 0. The Morgan fingerprint density at radius 3 is 2.71 bits per heavy atom. The summed E-state index contributed by atoms with van der Waals surface area (Å²) in [5.41, 5.74) is 0.379. The molecule has 35 heavy (non-hydrogen) atoms. The molecule has 8 nitrogen and oxygen atoms in total. The van der Waals surface area contributed by atoms with Gasteiger partial charge in [-0.1, -0.05) is 6.07 Å². The van der Waals surface area contributed by atoms with Gasteiger partial charge in [-0.25, -0.2) is 14.4 Å². The SMILES string of the molecule is CC(C#N)c1ccc(N2CC[C@H]2C)c2cnc(Nc3ccnc(N4CC[C@@H](O)[C@@](C)(F)C4)n3)cc12. The van der Waals surface area contributed by atoms with Gasteiger partial charge in [0.2, 0.25) is 5.95 Å². The molecule has 2 aliphatic heterocycles. The molecule has 1 aromatic carbocycles. The van der Waals surface area contributed by atoms with Crippen LogP contribution in [0.5, 0.6) is 0 Å². The Labute approximate surface area is 204 Å². The summed E-state index contributed by atoms with van der Waals surface area (Å²) in [5.74, 6) is 1.29. The Morgan fingerprint density at radius 1 is 1.20 bits per heavy atom. The number of piperidine rings is 1. The fraction of sp³-hybridized carbons (Fsp3) is 0.462. The van der Waals surface area contributed by atoms with E-state index in [4.69, 9.17) is 0 Å². The average molecular weight is 476 g/mol. The molecule has 2 aromatic heterocycles. The molecule has 0 bridgehead atoms. The molecule has 4 heterocycles. The molecule has 2 fully saturated rings. The van der Waals surface area contributed by atoms with Gasteiger partial charge in [-0.3, -0.25) is 0 Å². The van der Waals surface area contributed by atoms with Crippen LogP contribution in [0.4, 0.5) is 27.7 Å². The molecule has 2 aliphatic rings. The van der Waals surface area contributed by atoms with Gasteiger partial charge in [-0.2, -0.15) is 10.2 Å². The molecule has 0 amide bonds. The van der Waals surface area contributed by atoms with E-state index in [1.54, 1.807) is 17.2 Å². The number of nitrogens with zero attached hydrogens (tertiary/aromatic N) is 6. The highest BCUT2D eigenvalue weighted by Crippen LogP contribution is 2.37. The third-order valence-corrected chi connectivity index (χ3v) is 7.25. The van der Waals surface area contributed by atoms with Crippen molar-refractivity contribution >= 4 is 34.0 Å². The lowest BCUT2D eigenvalue weighted by molar-refractivity contribution is -0.00860. The second-order valence-corrected chi connectivity index (χ2v) is 9.84. The van der Waals surface area contributed by atoms with Crippen LogP contribution in [-0.2, 0) is 0 Å². The summed E-state index contributed by atoms with van der Waals surface area (Å²) in [4.78, 5) is 17.6. The summed E-state index contributed by atoms with van der Waals surface area (Å²) in [5, 5.41) is 24.8. The largest absolute Gasteiger partial charge is 0.390 e. The topological polar surface area (TPSA) is 101 Å². The van der Waals surface area contributed by atoms with E-state index < -0.39 is 11.8 Å². The zero-order valence-corrected chi connectivity index (χ0v) is 20.2. The summed E-state index contributed by atoms with van der Waals surface area (Å²) >= 11 is 0. The van der Waals surface area contributed by atoms with Crippen LogP contribution < -0.4 is 15.1 Å². The minimum atomic E-state index is -1.72. The van der Waals surface area contributed by atoms with Crippen LogP contribution in [0.2, 0.25) is 0 Å². The van der Waals surface area contributed by atoms with Gasteiger partial charge in [0.1, 0.15) is 11.6 Å². The summed E-state index contributed by atoms with van der Waals surface area (Å²) in [6.45, 7) is 7.04. The van der Waals surface area contributed by atoms with Crippen LogP contribution in [0.15, 0.2) is 36.7 Å². The van der Waals surface area contributed by atoms with Crippen molar-refractivity contribution in [3.8, 4) is 6.07 Å². The molecular formula is C26H30FN7O. The van der Waals surface area contributed by atoms with E-state index in [0.29, 0.717) is 36.6 Å². The van der Waals surface area contributed by atoms with E-state index in [2.05, 4.69) is 44.2 Å². The van der Waals surface area contributed by atoms with Gasteiger partial charge < -0.3 is 20.2 Å². The fourth-order valence-corrected chi connectivity index (χ4v) is 4.90. The van der Waals surface area contributed by atoms with E-state index in [-0.39, 0.29) is 12.5 Å². The molecule has 1 unspecified atom stereocenters. The Hall–Kier alpha value is -3.51. The molecule has 0 spiro atoms. The third kappa shape index (κ3) is 4.34. The van der Waals surface area contributed by atoms with Gasteiger partial charge >= 0.3 is 0 Å². The maximum atomic E-state index is 14.7. The van der Waals surface area contributed by atoms with Crippen molar-refractivity contribution in [3.63, 3.8) is 0 Å². The van der Waals surface area contributed by atoms with Gasteiger partial charge in [0.25, 0.3) is 0 Å². The highest BCUT2D eigenvalue weighted by Gasteiger charge is 2.39. The number of benzene rings is 1. The lowest BCUT2D eigenvalue weighted by Gasteiger charge is -2.41. The molecule has 5 rings (SSSR count). The van der Waals surface area contributed by atoms with E-state index in [1.807, 2.05) is 25.3 Å². The third-order valence-electron chi connectivity index (χ3n) is 7.25. The number of aliphatic hydroxyl groups is 1. The van der Waals surface area contributed by atoms with Gasteiger partial charge in [0.05, 0.1) is 24.6 Å². The summed E-state index contributed by atoms with van der Waals surface area (Å²) in [6.07, 6.45) is 3.97. The first-order valence-electron chi connectivity index (χ1n) is 12.1. The van der Waals surface area contributed by atoms with Crippen LogP contribution in [-0.4, -0.2) is 57.5 Å². The van der Waals surface area contributed by atoms with Crippen molar-refractivity contribution in [1.82, 2.24) is 15.0 Å². The number of nitriles is 1. The molecule has 182 valence electrons. The first kappa shape index (κ1) is 23.2. The second-order valence-electron chi connectivity index (χ2n) is 9.84. The van der Waals surface area contributed by atoms with Crippen LogP contribution in [0.25, 0.3) is 10.8 Å². The highest BCUT2D eigenvalue weighted by molar-refractivity contribution is 5.98. The average Bonchev–Trinajstić information content (AvgIpc) is 2.84. The predicted molar refractivity (Wildman–Crippen MR) is 135 cm³/mol. The minimum Gasteiger partial charge on any atom is -0.390 e. The van der Waals surface area contributed by atoms with Crippen molar-refractivity contribution in [2.45, 2.75) is 57.3 Å². The molecule has 0 radical (unpaired) electrons. The van der Waals surface area contributed by atoms with Crippen LogP contribution in [0.3, 0.4) is 0 Å². The maximum Gasteiger partial charge on any atom is 0.227 e. The van der Waals surface area contributed by atoms with Gasteiger partial charge in [0.15, 0.2) is 5.67 Å². The van der Waals surface area contributed by atoms with Crippen molar-refractivity contribution in [1.29, 1.82) is 5.26 Å². The number of aliphatic hydroxyl groups excluding tert-OH is 1. The monoisotopic (exact) mass is 475 g/mol. The molecule has 0 aliphatic carbocycles. The van der Waals surface area contributed by atoms with Crippen molar-refractivity contribution < 1.29 is 9.50 Å². The van der Waals surface area contributed by atoms with Gasteiger partial charge in [-0.15, -0.1) is 0 Å². The van der Waals surface area contributed by atoms with E-state index in [1.165, 1.54) is 13.3 Å². The summed E-state index contributed by atoms with van der Waals surface area (Å²) < 4.78 is 14.7. The normalized spacial score (nSPS) is 25.1. The Morgan fingerprint density at radius 2 is 2.03 bits per heavy atom. The first-order chi connectivity index (χ1) is 16.8. The lowest BCUT2D eigenvalue weighted by Crippen LogP contribution is -2.52. The maximum absolute atomic E-state index is 14.7. The van der Waals surface area contributed by atoms with E-state index in [0.717, 1.165) is 28.6 Å². The van der Waals surface area contributed by atoms with Crippen LogP contribution in [0, 0.1) is 11.3 Å². The molecule has 4 atom stereocenters. The molecule has 3 aromatic rings. The van der Waals surface area contributed by atoms with Crippen LogP contribution >= 0.6 is 0 Å². The van der Waals surface area contributed by atoms with E-state index in [9.17, 15) is 14.8 Å². The zero-order valence-electron chi connectivity index (χ0n) is 20.2. The number of alkyl halides is 1. The standard InChI is InChI=1S/C26H30FN7O/c1-16(13-28)18-4-5-21(34-11-7-17(34)2)20-14-30-24(12-19(18)20)31-23-6-9-29-25(32-23)33-10-8-22(35)26(3,27)15-33/h4-6,9,12,14,16-17,22,35H,7-8,10-11,15H2,1-3H3,(H,29,30,31,32)/t16?,17-,22-,26+/m1/s1. The Bertz CT molecular complexity index is 1290. The van der Waals surface area contributed by atoms with Gasteiger partial charge in [0, 0.05) is 42.6 Å². The fourth-order valence-electron chi connectivity index (χ4n) is 4.90. The molecule has 0 saturated carbocycles. The zero-order chi connectivity index (χ0) is 24.7. The molecule has 2 N–H and O–H groups in total. The Kier molecular flexibility index (Phi) is 5.93. The molecular weight excluding hydrogens is 445 g/mol. The molecule has 2 saturated heterocycles. The predicted octanol–water partition coefficient (Wildman–Crippen LogP) is 4.29. The Balaban J connectivity index is 1.46. The number of hydrogen-bond donors (Lipinski definition) is 2. The molecule has 9 heteroatoms. The van der Waals surface area contributed by atoms with Crippen molar-refractivity contribution in [3.05, 3.63) is 42.2 Å². The second kappa shape index (κ2) is 8.93. The number of hydrogen-bond acceptors (Lipinski definition) is 8. The number of pyridine rings is 1. The van der Waals surface area contributed by atoms with Crippen LogP contribution in [0.1, 0.15) is 45.1 Å². The number of fused-ring (bicyclic) bond motifs is 1. The van der Waals surface area contributed by atoms with Crippen molar-refractivity contribution in [2.24, 2.45) is 0 Å². The van der Waals surface area contributed by atoms with Crippen molar-refractivity contribution in [2.75, 3.05) is 34.8 Å². The first-order valence-corrected chi connectivity index (χ1v) is 12.1. The quantitative estimate of drug-likeness (QED) is 0.564. The van der Waals surface area contributed by atoms with Gasteiger partial charge in [-0.05, 0) is 62.8 Å². The van der Waals surface area contributed by atoms with E-state index >= 15 is 0 Å². The smallest absolute Gasteiger partial charge is 0.227 e. The number of anilines is 4. The number of nitrogens with one attached hydrogen (secondary N) is 1. The number of rotatable bonds is 5.